The van der Waals surface area contributed by atoms with Crippen molar-refractivity contribution in [1.82, 2.24) is 0 Å². The van der Waals surface area contributed by atoms with E-state index in [1.807, 2.05) is 0 Å². The highest BCUT2D eigenvalue weighted by molar-refractivity contribution is 6.30. The van der Waals surface area contributed by atoms with Crippen LogP contribution >= 0.6 is 11.6 Å². The first-order chi connectivity index (χ1) is 5.97. The molecule has 3 N–H and O–H groups in total. The molecule has 1 rings (SSSR count). The molecule has 0 bridgehead atoms. The second-order valence-corrected chi connectivity index (χ2v) is 3.01. The Morgan fingerprint density at radius 1 is 1.46 bits per heavy atom. The van der Waals surface area contributed by atoms with Gasteiger partial charge >= 0.3 is 0 Å². The molecule has 0 atom stereocenters. The van der Waals surface area contributed by atoms with Crippen LogP contribution in [-0.2, 0) is 5.92 Å². The predicted octanol–water partition coefficient (Wildman–Crippen LogP) is 2.10. The van der Waals surface area contributed by atoms with Gasteiger partial charge in [-0.05, 0) is 18.2 Å². The predicted molar refractivity (Wildman–Crippen MR) is 46.1 cm³/mol. The summed E-state index contributed by atoms with van der Waals surface area (Å²) in [6, 6.07) is 3.44. The molecule has 0 heterocycles. The van der Waals surface area contributed by atoms with Crippen molar-refractivity contribution >= 4 is 11.6 Å². The normalized spacial score (nSPS) is 11.7. The second kappa shape index (κ2) is 3.47. The summed E-state index contributed by atoms with van der Waals surface area (Å²) in [7, 11) is 0. The van der Waals surface area contributed by atoms with E-state index in [9.17, 15) is 8.78 Å². The highest BCUT2D eigenvalue weighted by Gasteiger charge is 2.32. The van der Waals surface area contributed by atoms with Crippen LogP contribution < -0.4 is 5.73 Å². The van der Waals surface area contributed by atoms with E-state index in [2.05, 4.69) is 0 Å². The zero-order valence-electron chi connectivity index (χ0n) is 6.60. The highest BCUT2D eigenvalue weighted by atomic mass is 35.5. The molecule has 0 amide bonds. The third-order valence-corrected chi connectivity index (χ3v) is 1.84. The maximum atomic E-state index is 13.0. The Morgan fingerprint density at radius 2 is 2.08 bits per heavy atom. The van der Waals surface area contributed by atoms with Gasteiger partial charge < -0.3 is 10.8 Å². The van der Waals surface area contributed by atoms with Crippen molar-refractivity contribution in [3.8, 4) is 5.75 Å². The smallest absolute Gasteiger partial charge is 0.288 e. The van der Waals surface area contributed by atoms with Crippen LogP contribution in [0.15, 0.2) is 18.2 Å². The van der Waals surface area contributed by atoms with Crippen LogP contribution in [0, 0.1) is 0 Å². The molecule has 0 fully saturated rings. The number of rotatable bonds is 2. The van der Waals surface area contributed by atoms with Gasteiger partial charge in [-0.25, -0.2) is 0 Å². The van der Waals surface area contributed by atoms with Crippen LogP contribution in [-0.4, -0.2) is 11.7 Å². The maximum absolute atomic E-state index is 13.0. The monoisotopic (exact) mass is 207 g/mol. The lowest BCUT2D eigenvalue weighted by Gasteiger charge is -2.15. The van der Waals surface area contributed by atoms with Crippen molar-refractivity contribution in [2.45, 2.75) is 5.92 Å². The standard InChI is InChI=1S/C8H8ClF2NO/c9-5-1-2-7(13)6(3-5)8(10,11)4-12/h1-3,13H,4,12H2. The number of nitrogens with two attached hydrogens (primary N) is 1. The number of halogens is 3. The second-order valence-electron chi connectivity index (χ2n) is 2.57. The summed E-state index contributed by atoms with van der Waals surface area (Å²) >= 11 is 5.49. The fraction of sp³-hybridized carbons (Fsp3) is 0.250. The van der Waals surface area contributed by atoms with Gasteiger partial charge in [0.1, 0.15) is 5.75 Å². The van der Waals surface area contributed by atoms with Crippen LogP contribution in [0.25, 0.3) is 0 Å². The minimum Gasteiger partial charge on any atom is -0.507 e. The Balaban J connectivity index is 3.20. The zero-order chi connectivity index (χ0) is 10.1. The van der Waals surface area contributed by atoms with E-state index in [0.29, 0.717) is 0 Å². The molecule has 72 valence electrons. The first-order valence-corrected chi connectivity index (χ1v) is 3.92. The molecule has 2 nitrogen and oxygen atoms in total. The number of alkyl halides is 2. The minimum atomic E-state index is -3.24. The van der Waals surface area contributed by atoms with Crippen LogP contribution in [0.2, 0.25) is 5.02 Å². The van der Waals surface area contributed by atoms with Crippen molar-refractivity contribution in [3.05, 3.63) is 28.8 Å². The Hall–Kier alpha value is -0.870. The molecule has 0 radical (unpaired) electrons. The van der Waals surface area contributed by atoms with E-state index < -0.39 is 23.8 Å². The van der Waals surface area contributed by atoms with E-state index in [-0.39, 0.29) is 5.02 Å². The van der Waals surface area contributed by atoms with Crippen LogP contribution in [0.5, 0.6) is 5.75 Å². The number of aromatic hydroxyl groups is 1. The fourth-order valence-corrected chi connectivity index (χ4v) is 1.08. The molecule has 0 aliphatic carbocycles. The van der Waals surface area contributed by atoms with E-state index in [1.54, 1.807) is 0 Å². The van der Waals surface area contributed by atoms with Gasteiger partial charge in [0.25, 0.3) is 5.92 Å². The van der Waals surface area contributed by atoms with E-state index in [4.69, 9.17) is 22.4 Å². The largest absolute Gasteiger partial charge is 0.507 e. The van der Waals surface area contributed by atoms with Crippen molar-refractivity contribution in [1.29, 1.82) is 0 Å². The van der Waals surface area contributed by atoms with Gasteiger partial charge in [-0.3, -0.25) is 0 Å². The highest BCUT2D eigenvalue weighted by Crippen LogP contribution is 2.34. The van der Waals surface area contributed by atoms with E-state index >= 15 is 0 Å². The lowest BCUT2D eigenvalue weighted by Crippen LogP contribution is -2.25. The van der Waals surface area contributed by atoms with Gasteiger partial charge in [-0.1, -0.05) is 11.6 Å². The molecule has 5 heteroatoms. The summed E-state index contributed by atoms with van der Waals surface area (Å²) in [6.45, 7) is -0.860. The Bertz CT molecular complexity index is 317. The summed E-state index contributed by atoms with van der Waals surface area (Å²) in [5.74, 6) is -3.74. The molecule has 0 aromatic heterocycles. The Morgan fingerprint density at radius 3 is 2.62 bits per heavy atom. The molecule has 0 aliphatic rings. The molecule has 0 saturated carbocycles. The van der Waals surface area contributed by atoms with E-state index in [0.717, 1.165) is 12.1 Å². The molecular weight excluding hydrogens is 200 g/mol. The average Bonchev–Trinajstić information content (AvgIpc) is 2.09. The Labute approximate surface area is 78.9 Å². The zero-order valence-corrected chi connectivity index (χ0v) is 7.35. The van der Waals surface area contributed by atoms with Gasteiger partial charge in [0.05, 0.1) is 12.1 Å². The van der Waals surface area contributed by atoms with E-state index in [1.165, 1.54) is 6.07 Å². The van der Waals surface area contributed by atoms with Crippen molar-refractivity contribution < 1.29 is 13.9 Å². The number of hydrogen-bond donors (Lipinski definition) is 2. The number of benzene rings is 1. The lowest BCUT2D eigenvalue weighted by molar-refractivity contribution is 0.00378. The van der Waals surface area contributed by atoms with Crippen molar-refractivity contribution in [2.75, 3.05) is 6.54 Å². The number of hydrogen-bond acceptors (Lipinski definition) is 2. The first kappa shape index (κ1) is 10.2. The van der Waals surface area contributed by atoms with Crippen molar-refractivity contribution in [3.63, 3.8) is 0 Å². The average molecular weight is 208 g/mol. The fourth-order valence-electron chi connectivity index (χ4n) is 0.911. The third kappa shape index (κ3) is 2.08. The molecule has 13 heavy (non-hydrogen) atoms. The summed E-state index contributed by atoms with van der Waals surface area (Å²) < 4.78 is 26.0. The minimum absolute atomic E-state index is 0.140. The Kier molecular flexibility index (Phi) is 2.73. The van der Waals surface area contributed by atoms with Crippen LogP contribution in [0.3, 0.4) is 0 Å². The van der Waals surface area contributed by atoms with Gasteiger partial charge in [-0.15, -0.1) is 0 Å². The van der Waals surface area contributed by atoms with Gasteiger partial charge in [0.15, 0.2) is 0 Å². The summed E-state index contributed by atoms with van der Waals surface area (Å²) in [4.78, 5) is 0. The van der Waals surface area contributed by atoms with Crippen LogP contribution in [0.1, 0.15) is 5.56 Å². The van der Waals surface area contributed by atoms with Gasteiger partial charge in [0, 0.05) is 5.02 Å². The number of phenols is 1. The molecule has 1 aromatic rings. The SMILES string of the molecule is NCC(F)(F)c1cc(Cl)ccc1O. The molecule has 0 aliphatic heterocycles. The summed E-state index contributed by atoms with van der Waals surface area (Å²) in [6.07, 6.45) is 0. The van der Waals surface area contributed by atoms with Gasteiger partial charge in [-0.2, -0.15) is 8.78 Å². The summed E-state index contributed by atoms with van der Waals surface area (Å²) in [5, 5.41) is 9.25. The maximum Gasteiger partial charge on any atom is 0.288 e. The molecule has 0 saturated heterocycles. The first-order valence-electron chi connectivity index (χ1n) is 3.54. The van der Waals surface area contributed by atoms with Gasteiger partial charge in [0.2, 0.25) is 0 Å². The topological polar surface area (TPSA) is 46.2 Å². The lowest BCUT2D eigenvalue weighted by atomic mass is 10.1. The molecule has 0 unspecified atom stereocenters. The number of phenolic OH excluding ortho intramolecular Hbond substituents is 1. The third-order valence-electron chi connectivity index (χ3n) is 1.61. The van der Waals surface area contributed by atoms with Crippen molar-refractivity contribution in [2.24, 2.45) is 5.73 Å². The molecule has 0 spiro atoms. The summed E-state index contributed by atoms with van der Waals surface area (Å²) in [5.41, 5.74) is 4.31. The van der Waals surface area contributed by atoms with Crippen LogP contribution in [0.4, 0.5) is 8.78 Å². The molecular formula is C8H8ClF2NO. The quantitative estimate of drug-likeness (QED) is 0.780. The molecule has 1 aromatic carbocycles.